The summed E-state index contributed by atoms with van der Waals surface area (Å²) < 4.78 is 39.0. The Balaban J connectivity index is 1.41. The van der Waals surface area contributed by atoms with E-state index in [1.807, 2.05) is 26.8 Å². The average Bonchev–Trinajstić information content (AvgIpc) is 3.03. The van der Waals surface area contributed by atoms with Crippen LogP contribution in [0.4, 0.5) is 19.0 Å². The largest absolute Gasteiger partial charge is 0.416 e. The van der Waals surface area contributed by atoms with Gasteiger partial charge < -0.3 is 16.0 Å². The summed E-state index contributed by atoms with van der Waals surface area (Å²) in [7, 11) is 0. The van der Waals surface area contributed by atoms with Gasteiger partial charge in [0.25, 0.3) is 5.91 Å². The monoisotopic (exact) mass is 616 g/mol. The molecule has 7 nitrogen and oxygen atoms in total. The molecule has 0 aliphatic rings. The van der Waals surface area contributed by atoms with Crippen LogP contribution in [-0.2, 0) is 22.3 Å². The number of benzene rings is 3. The van der Waals surface area contributed by atoms with E-state index in [1.54, 1.807) is 60.7 Å². The molecule has 0 saturated heterocycles. The van der Waals surface area contributed by atoms with Crippen LogP contribution < -0.4 is 16.0 Å². The van der Waals surface area contributed by atoms with Crippen molar-refractivity contribution in [2.75, 3.05) is 5.32 Å². The molecular weight excluding hydrogens is 581 g/mol. The average molecular weight is 617 g/mol. The highest BCUT2D eigenvalue weighted by molar-refractivity contribution is 6.08. The molecule has 0 aliphatic carbocycles. The molecule has 0 unspecified atom stereocenters. The Bertz CT molecular complexity index is 1620. The summed E-state index contributed by atoms with van der Waals surface area (Å²) in [6.07, 6.45) is -1.44. The van der Waals surface area contributed by atoms with Crippen molar-refractivity contribution in [3.63, 3.8) is 0 Å². The van der Waals surface area contributed by atoms with Gasteiger partial charge in [-0.1, -0.05) is 93.9 Å². The van der Waals surface area contributed by atoms with Gasteiger partial charge in [-0.05, 0) is 52.9 Å². The predicted octanol–water partition coefficient (Wildman–Crippen LogP) is 7.32. The number of anilines is 1. The van der Waals surface area contributed by atoms with E-state index in [1.165, 1.54) is 18.3 Å². The van der Waals surface area contributed by atoms with Gasteiger partial charge in [0.05, 0.1) is 5.56 Å². The van der Waals surface area contributed by atoms with Gasteiger partial charge >= 0.3 is 6.18 Å². The van der Waals surface area contributed by atoms with Gasteiger partial charge in [-0.15, -0.1) is 0 Å². The molecule has 0 aliphatic heterocycles. The number of aromatic nitrogens is 1. The summed E-state index contributed by atoms with van der Waals surface area (Å²) in [4.78, 5) is 43.7. The summed E-state index contributed by atoms with van der Waals surface area (Å²) >= 11 is 0. The molecule has 0 saturated carbocycles. The highest BCUT2D eigenvalue weighted by atomic mass is 19.4. The van der Waals surface area contributed by atoms with Crippen molar-refractivity contribution in [2.45, 2.75) is 52.4 Å². The maximum atomic E-state index is 13.3. The van der Waals surface area contributed by atoms with Crippen LogP contribution in [0.15, 0.2) is 97.2 Å². The molecule has 0 fully saturated rings. The molecule has 45 heavy (non-hydrogen) atoms. The zero-order chi connectivity index (χ0) is 32.6. The number of hydrogen-bond acceptors (Lipinski definition) is 4. The molecule has 234 valence electrons. The molecule has 10 heteroatoms. The van der Waals surface area contributed by atoms with E-state index in [0.717, 1.165) is 18.6 Å². The topological polar surface area (TPSA) is 100 Å². The van der Waals surface area contributed by atoms with Gasteiger partial charge in [-0.3, -0.25) is 14.4 Å². The smallest absolute Gasteiger partial charge is 0.350 e. The van der Waals surface area contributed by atoms with Crippen LogP contribution in [0, 0.1) is 5.41 Å². The van der Waals surface area contributed by atoms with Gasteiger partial charge in [0.1, 0.15) is 11.9 Å². The second kappa shape index (κ2) is 14.2. The molecular formula is C35H35F3N4O3. The fourth-order valence-corrected chi connectivity index (χ4v) is 4.86. The molecule has 0 bridgehead atoms. The van der Waals surface area contributed by atoms with E-state index in [2.05, 4.69) is 20.9 Å². The SMILES string of the molecule is CCCC(C)(C)C(=O)N[C@H](C(=O)NCc1ccc(NC(=O)c2ccccc2-c2ccc(C(F)(F)F)cc2)nc1)c1ccccc1. The van der Waals surface area contributed by atoms with E-state index in [0.29, 0.717) is 28.7 Å². The second-order valence-electron chi connectivity index (χ2n) is 11.3. The first kappa shape index (κ1) is 32.9. The van der Waals surface area contributed by atoms with Crippen LogP contribution in [0.2, 0.25) is 0 Å². The number of hydrogen-bond donors (Lipinski definition) is 3. The van der Waals surface area contributed by atoms with Crippen molar-refractivity contribution in [3.05, 3.63) is 119 Å². The lowest BCUT2D eigenvalue weighted by atomic mass is 9.86. The Kier molecular flexibility index (Phi) is 10.4. The standard InChI is InChI=1S/C35H35F3N4O3/c1-4-20-34(2,3)33(45)42-30(25-10-6-5-7-11-25)32(44)40-22-23-14-19-29(39-21-23)41-31(43)28-13-9-8-12-27(28)24-15-17-26(18-16-24)35(36,37)38/h5-19,21,30H,4,20,22H2,1-3H3,(H,40,44)(H,42,45)(H,39,41,43)/t30-/m0/s1. The van der Waals surface area contributed by atoms with Gasteiger partial charge in [0, 0.05) is 23.7 Å². The van der Waals surface area contributed by atoms with Crippen molar-refractivity contribution in [3.8, 4) is 11.1 Å². The normalized spacial score (nSPS) is 12.2. The number of pyridine rings is 1. The fourth-order valence-electron chi connectivity index (χ4n) is 4.86. The molecule has 0 radical (unpaired) electrons. The molecule has 3 aromatic carbocycles. The highest BCUT2D eigenvalue weighted by Gasteiger charge is 2.32. The Labute approximate surface area is 260 Å². The third kappa shape index (κ3) is 8.56. The summed E-state index contributed by atoms with van der Waals surface area (Å²) in [5.41, 5.74) is 1.12. The lowest BCUT2D eigenvalue weighted by Gasteiger charge is -2.27. The summed E-state index contributed by atoms with van der Waals surface area (Å²) in [5, 5.41) is 8.48. The Morgan fingerprint density at radius 2 is 1.51 bits per heavy atom. The quantitative estimate of drug-likeness (QED) is 0.164. The highest BCUT2D eigenvalue weighted by Crippen LogP contribution is 2.32. The lowest BCUT2D eigenvalue weighted by molar-refractivity contribution is -0.137. The maximum Gasteiger partial charge on any atom is 0.416 e. The lowest BCUT2D eigenvalue weighted by Crippen LogP contribution is -2.45. The predicted molar refractivity (Wildman–Crippen MR) is 167 cm³/mol. The molecule has 3 N–H and O–H groups in total. The van der Waals surface area contributed by atoms with Crippen molar-refractivity contribution in [1.82, 2.24) is 15.6 Å². The van der Waals surface area contributed by atoms with E-state index >= 15 is 0 Å². The minimum atomic E-state index is -4.46. The van der Waals surface area contributed by atoms with Crippen molar-refractivity contribution in [1.29, 1.82) is 0 Å². The zero-order valence-corrected chi connectivity index (χ0v) is 25.2. The molecule has 4 rings (SSSR count). The summed E-state index contributed by atoms with van der Waals surface area (Å²) in [5.74, 6) is -0.814. The molecule has 1 atom stereocenters. The Hall–Kier alpha value is -4.99. The van der Waals surface area contributed by atoms with Crippen molar-refractivity contribution >= 4 is 23.5 Å². The van der Waals surface area contributed by atoms with Gasteiger partial charge in [-0.2, -0.15) is 13.2 Å². The number of nitrogens with one attached hydrogen (secondary N) is 3. The number of carbonyl (C=O) groups is 3. The maximum absolute atomic E-state index is 13.3. The van der Waals surface area contributed by atoms with Crippen LogP contribution >= 0.6 is 0 Å². The molecule has 3 amide bonds. The van der Waals surface area contributed by atoms with E-state index < -0.39 is 29.1 Å². The van der Waals surface area contributed by atoms with E-state index in [-0.39, 0.29) is 29.7 Å². The zero-order valence-electron chi connectivity index (χ0n) is 25.2. The summed E-state index contributed by atoms with van der Waals surface area (Å²) in [6, 6.07) is 22.6. The Morgan fingerprint density at radius 1 is 0.844 bits per heavy atom. The second-order valence-corrected chi connectivity index (χ2v) is 11.3. The molecule has 0 spiro atoms. The van der Waals surface area contributed by atoms with Crippen LogP contribution in [0.1, 0.15) is 66.7 Å². The van der Waals surface area contributed by atoms with Crippen molar-refractivity contribution in [2.24, 2.45) is 5.41 Å². The van der Waals surface area contributed by atoms with Crippen LogP contribution in [-0.4, -0.2) is 22.7 Å². The summed E-state index contributed by atoms with van der Waals surface area (Å²) in [6.45, 7) is 5.84. The van der Waals surface area contributed by atoms with Gasteiger partial charge in [0.15, 0.2) is 0 Å². The first-order valence-electron chi connectivity index (χ1n) is 14.6. The minimum absolute atomic E-state index is 0.133. The number of carbonyl (C=O) groups excluding carboxylic acids is 3. The first-order valence-corrected chi connectivity index (χ1v) is 14.6. The van der Waals surface area contributed by atoms with Crippen LogP contribution in [0.3, 0.4) is 0 Å². The first-order chi connectivity index (χ1) is 21.4. The Morgan fingerprint density at radius 3 is 2.13 bits per heavy atom. The number of amides is 3. The van der Waals surface area contributed by atoms with Crippen molar-refractivity contribution < 1.29 is 27.6 Å². The molecule has 1 aromatic heterocycles. The van der Waals surface area contributed by atoms with E-state index in [9.17, 15) is 27.6 Å². The molecule has 1 heterocycles. The van der Waals surface area contributed by atoms with E-state index in [4.69, 9.17) is 0 Å². The molecule has 4 aromatic rings. The van der Waals surface area contributed by atoms with Crippen LogP contribution in [0.25, 0.3) is 11.1 Å². The number of alkyl halides is 3. The number of rotatable bonds is 11. The fraction of sp³-hybridized carbons (Fsp3) is 0.257. The number of nitrogens with zero attached hydrogens (tertiary/aromatic N) is 1. The third-order valence-corrected chi connectivity index (χ3v) is 7.39. The minimum Gasteiger partial charge on any atom is -0.350 e. The van der Waals surface area contributed by atoms with Gasteiger partial charge in [-0.25, -0.2) is 4.98 Å². The number of halogens is 3. The third-order valence-electron chi connectivity index (χ3n) is 7.39. The van der Waals surface area contributed by atoms with Crippen LogP contribution in [0.5, 0.6) is 0 Å². The van der Waals surface area contributed by atoms with Gasteiger partial charge in [0.2, 0.25) is 11.8 Å².